The van der Waals surface area contributed by atoms with Crippen molar-refractivity contribution < 1.29 is 5.11 Å². The highest BCUT2D eigenvalue weighted by atomic mass is 16.3. The van der Waals surface area contributed by atoms with Crippen molar-refractivity contribution in [3.05, 3.63) is 23.4 Å². The van der Waals surface area contributed by atoms with E-state index in [0.717, 1.165) is 19.5 Å². The molecule has 0 saturated carbocycles. The van der Waals surface area contributed by atoms with Crippen LogP contribution >= 0.6 is 0 Å². The fourth-order valence-corrected chi connectivity index (χ4v) is 1.81. The van der Waals surface area contributed by atoms with E-state index in [0.29, 0.717) is 5.92 Å². The van der Waals surface area contributed by atoms with Gasteiger partial charge in [0, 0.05) is 18.8 Å². The Hall–Kier alpha value is -0.760. The SMILES string of the molecule is CCC1=CC=C(C(C)C)N(CCO)C1. The number of hydrogen-bond donors (Lipinski definition) is 1. The summed E-state index contributed by atoms with van der Waals surface area (Å²) in [7, 11) is 0. The molecule has 0 saturated heterocycles. The summed E-state index contributed by atoms with van der Waals surface area (Å²) in [5, 5.41) is 8.99. The van der Waals surface area contributed by atoms with Gasteiger partial charge in [-0.3, -0.25) is 0 Å². The van der Waals surface area contributed by atoms with E-state index in [4.69, 9.17) is 5.11 Å². The lowest BCUT2D eigenvalue weighted by molar-refractivity contribution is 0.222. The van der Waals surface area contributed by atoms with Crippen molar-refractivity contribution in [1.82, 2.24) is 4.90 Å². The van der Waals surface area contributed by atoms with E-state index in [1.165, 1.54) is 11.3 Å². The van der Waals surface area contributed by atoms with Crippen LogP contribution in [0.5, 0.6) is 0 Å². The van der Waals surface area contributed by atoms with Crippen LogP contribution in [0.4, 0.5) is 0 Å². The number of aliphatic hydroxyl groups excluding tert-OH is 1. The number of nitrogens with zero attached hydrogens (tertiary/aromatic N) is 1. The zero-order chi connectivity index (χ0) is 10.6. The summed E-state index contributed by atoms with van der Waals surface area (Å²) >= 11 is 0. The molecule has 0 fully saturated rings. The van der Waals surface area contributed by atoms with Gasteiger partial charge in [-0.15, -0.1) is 0 Å². The molecular weight excluding hydrogens is 174 g/mol. The van der Waals surface area contributed by atoms with Crippen LogP contribution < -0.4 is 0 Å². The molecule has 0 radical (unpaired) electrons. The van der Waals surface area contributed by atoms with Crippen molar-refractivity contribution in [2.45, 2.75) is 27.2 Å². The molecule has 0 aliphatic carbocycles. The monoisotopic (exact) mass is 195 g/mol. The molecule has 1 aliphatic heterocycles. The Balaban J connectivity index is 2.76. The number of allylic oxidation sites excluding steroid dienone is 3. The van der Waals surface area contributed by atoms with E-state index in [1.807, 2.05) is 0 Å². The second-order valence-electron chi connectivity index (χ2n) is 4.07. The Morgan fingerprint density at radius 2 is 2.14 bits per heavy atom. The van der Waals surface area contributed by atoms with Crippen LogP contribution in [0.1, 0.15) is 27.2 Å². The van der Waals surface area contributed by atoms with Crippen LogP contribution in [0.3, 0.4) is 0 Å². The summed E-state index contributed by atoms with van der Waals surface area (Å²) in [6.45, 7) is 8.54. The Labute approximate surface area is 86.9 Å². The molecule has 2 heteroatoms. The number of β-amino-alcohol motifs (C(OH)–C–C–N with tert-alkyl or cyclic N) is 1. The topological polar surface area (TPSA) is 23.5 Å². The van der Waals surface area contributed by atoms with Crippen molar-refractivity contribution in [3.8, 4) is 0 Å². The first-order valence-corrected chi connectivity index (χ1v) is 5.44. The minimum atomic E-state index is 0.237. The molecule has 0 aromatic rings. The molecule has 0 atom stereocenters. The fraction of sp³-hybridized carbons (Fsp3) is 0.667. The molecule has 0 aromatic carbocycles. The van der Waals surface area contributed by atoms with Crippen LogP contribution in [0.2, 0.25) is 0 Å². The molecule has 80 valence electrons. The Bertz CT molecular complexity index is 241. The van der Waals surface area contributed by atoms with E-state index >= 15 is 0 Å². The summed E-state index contributed by atoms with van der Waals surface area (Å²) in [5.74, 6) is 0.538. The largest absolute Gasteiger partial charge is 0.395 e. The molecule has 0 amide bonds. The van der Waals surface area contributed by atoms with E-state index in [1.54, 1.807) is 0 Å². The van der Waals surface area contributed by atoms with Gasteiger partial charge in [0.05, 0.1) is 6.61 Å². The van der Waals surface area contributed by atoms with E-state index < -0.39 is 0 Å². The third-order valence-electron chi connectivity index (χ3n) is 2.66. The highest BCUT2D eigenvalue weighted by Gasteiger charge is 2.16. The Kier molecular flexibility index (Phi) is 4.21. The molecule has 1 N–H and O–H groups in total. The lowest BCUT2D eigenvalue weighted by atomic mass is 10.0. The molecule has 0 spiro atoms. The van der Waals surface area contributed by atoms with E-state index in [2.05, 4.69) is 37.8 Å². The van der Waals surface area contributed by atoms with Gasteiger partial charge in [0.25, 0.3) is 0 Å². The van der Waals surface area contributed by atoms with Crippen molar-refractivity contribution >= 4 is 0 Å². The molecule has 0 unspecified atom stereocenters. The van der Waals surface area contributed by atoms with Crippen molar-refractivity contribution in [1.29, 1.82) is 0 Å². The normalized spacial score (nSPS) is 17.1. The third kappa shape index (κ3) is 2.61. The van der Waals surface area contributed by atoms with Gasteiger partial charge in [-0.25, -0.2) is 0 Å². The van der Waals surface area contributed by atoms with Crippen molar-refractivity contribution in [2.24, 2.45) is 5.92 Å². The van der Waals surface area contributed by atoms with Gasteiger partial charge >= 0.3 is 0 Å². The quantitative estimate of drug-likeness (QED) is 0.743. The van der Waals surface area contributed by atoms with Gasteiger partial charge in [-0.2, -0.15) is 0 Å². The summed E-state index contributed by atoms with van der Waals surface area (Å²) < 4.78 is 0. The second-order valence-corrected chi connectivity index (χ2v) is 4.07. The average molecular weight is 195 g/mol. The summed E-state index contributed by atoms with van der Waals surface area (Å²) in [4.78, 5) is 2.28. The number of hydrogen-bond acceptors (Lipinski definition) is 2. The van der Waals surface area contributed by atoms with Crippen LogP contribution in [0.25, 0.3) is 0 Å². The maximum absolute atomic E-state index is 8.99. The van der Waals surface area contributed by atoms with Gasteiger partial charge in [0.1, 0.15) is 0 Å². The van der Waals surface area contributed by atoms with Gasteiger partial charge < -0.3 is 10.0 Å². The first kappa shape index (κ1) is 11.3. The van der Waals surface area contributed by atoms with Crippen LogP contribution in [0.15, 0.2) is 23.4 Å². The molecule has 1 heterocycles. The lowest BCUT2D eigenvalue weighted by Crippen LogP contribution is -2.32. The third-order valence-corrected chi connectivity index (χ3v) is 2.66. The zero-order valence-electron chi connectivity index (χ0n) is 9.45. The molecule has 1 aliphatic rings. The molecule has 0 aromatic heterocycles. The molecule has 1 rings (SSSR count). The Morgan fingerprint density at radius 1 is 1.43 bits per heavy atom. The highest BCUT2D eigenvalue weighted by molar-refractivity contribution is 5.25. The minimum Gasteiger partial charge on any atom is -0.395 e. The first-order chi connectivity index (χ1) is 6.69. The maximum Gasteiger partial charge on any atom is 0.0606 e. The summed E-state index contributed by atoms with van der Waals surface area (Å²) in [6, 6.07) is 0. The zero-order valence-corrected chi connectivity index (χ0v) is 9.45. The second kappa shape index (κ2) is 5.20. The predicted molar refractivity (Wildman–Crippen MR) is 60.0 cm³/mol. The van der Waals surface area contributed by atoms with Gasteiger partial charge in [0.15, 0.2) is 0 Å². The van der Waals surface area contributed by atoms with Crippen molar-refractivity contribution in [2.75, 3.05) is 19.7 Å². The first-order valence-electron chi connectivity index (χ1n) is 5.44. The highest BCUT2D eigenvalue weighted by Crippen LogP contribution is 2.22. The maximum atomic E-state index is 8.99. The van der Waals surface area contributed by atoms with Gasteiger partial charge in [-0.05, 0) is 18.4 Å². The minimum absolute atomic E-state index is 0.237. The average Bonchev–Trinajstić information content (AvgIpc) is 2.17. The molecule has 0 bridgehead atoms. The lowest BCUT2D eigenvalue weighted by Gasteiger charge is -2.32. The summed E-state index contributed by atoms with van der Waals surface area (Å²) in [6.07, 6.45) is 5.52. The fourth-order valence-electron chi connectivity index (χ4n) is 1.81. The standard InChI is InChI=1S/C12H21NO/c1-4-11-5-6-12(10(2)3)13(9-11)7-8-14/h5-6,10,14H,4,7-9H2,1-3H3. The Morgan fingerprint density at radius 3 is 2.64 bits per heavy atom. The molecular formula is C12H21NO. The predicted octanol–water partition coefficient (Wildman–Crippen LogP) is 2.17. The van der Waals surface area contributed by atoms with Gasteiger partial charge in [-0.1, -0.05) is 32.4 Å². The summed E-state index contributed by atoms with van der Waals surface area (Å²) in [5.41, 5.74) is 2.79. The smallest absolute Gasteiger partial charge is 0.0606 e. The van der Waals surface area contributed by atoms with E-state index in [-0.39, 0.29) is 6.61 Å². The number of aliphatic hydroxyl groups is 1. The van der Waals surface area contributed by atoms with E-state index in [9.17, 15) is 0 Å². The van der Waals surface area contributed by atoms with Gasteiger partial charge in [0.2, 0.25) is 0 Å². The molecule has 14 heavy (non-hydrogen) atoms. The van der Waals surface area contributed by atoms with Crippen LogP contribution in [0, 0.1) is 5.92 Å². The van der Waals surface area contributed by atoms with Crippen LogP contribution in [-0.2, 0) is 0 Å². The van der Waals surface area contributed by atoms with Crippen LogP contribution in [-0.4, -0.2) is 29.7 Å². The molecule has 2 nitrogen and oxygen atoms in total. The number of rotatable bonds is 4. The van der Waals surface area contributed by atoms with Crippen molar-refractivity contribution in [3.63, 3.8) is 0 Å².